The summed E-state index contributed by atoms with van der Waals surface area (Å²) in [6, 6.07) is 7.17. The van der Waals surface area contributed by atoms with E-state index in [1.807, 2.05) is 13.0 Å². The molecule has 1 atom stereocenters. The van der Waals surface area contributed by atoms with E-state index in [0.717, 1.165) is 0 Å². The molecule has 0 heterocycles. The maximum atomic E-state index is 11.7. The summed E-state index contributed by atoms with van der Waals surface area (Å²) in [6.45, 7) is 5.30. The SMILES string of the molecule is CC[C@@H](O)c1ccccc1OCCS(=O)(=O)C(C)C. The monoisotopic (exact) mass is 286 g/mol. The number of aliphatic hydroxyl groups excluding tert-OH is 1. The molecule has 1 aromatic carbocycles. The molecule has 0 aromatic heterocycles. The Morgan fingerprint density at radius 2 is 1.89 bits per heavy atom. The van der Waals surface area contributed by atoms with Crippen LogP contribution in [0.4, 0.5) is 0 Å². The lowest BCUT2D eigenvalue weighted by molar-refractivity contribution is 0.168. The van der Waals surface area contributed by atoms with E-state index in [9.17, 15) is 13.5 Å². The van der Waals surface area contributed by atoms with Crippen LogP contribution in [0.1, 0.15) is 38.9 Å². The van der Waals surface area contributed by atoms with Gasteiger partial charge in [0.1, 0.15) is 12.4 Å². The molecule has 0 fully saturated rings. The van der Waals surface area contributed by atoms with Gasteiger partial charge < -0.3 is 9.84 Å². The Hall–Kier alpha value is -1.07. The molecule has 0 amide bonds. The van der Waals surface area contributed by atoms with Gasteiger partial charge in [-0.05, 0) is 26.3 Å². The minimum Gasteiger partial charge on any atom is -0.492 e. The average molecular weight is 286 g/mol. The van der Waals surface area contributed by atoms with Crippen LogP contribution >= 0.6 is 0 Å². The van der Waals surface area contributed by atoms with E-state index < -0.39 is 21.2 Å². The van der Waals surface area contributed by atoms with Crippen molar-refractivity contribution in [2.24, 2.45) is 0 Å². The highest BCUT2D eigenvalue weighted by Crippen LogP contribution is 2.26. The molecule has 1 aromatic rings. The minimum absolute atomic E-state index is 0.0127. The zero-order valence-corrected chi connectivity index (χ0v) is 12.5. The fourth-order valence-corrected chi connectivity index (χ4v) is 2.40. The molecule has 0 aliphatic carbocycles. The van der Waals surface area contributed by atoms with Crippen LogP contribution in [0.5, 0.6) is 5.75 Å². The van der Waals surface area contributed by atoms with Gasteiger partial charge in [-0.3, -0.25) is 0 Å². The van der Waals surface area contributed by atoms with Crippen molar-refractivity contribution >= 4 is 9.84 Å². The largest absolute Gasteiger partial charge is 0.492 e. The number of aliphatic hydroxyl groups is 1. The Kier molecular flexibility index (Phi) is 5.82. The molecule has 0 spiro atoms. The second-order valence-electron chi connectivity index (χ2n) is 4.73. The maximum Gasteiger partial charge on any atom is 0.155 e. The summed E-state index contributed by atoms with van der Waals surface area (Å²) in [5.41, 5.74) is 0.701. The summed E-state index contributed by atoms with van der Waals surface area (Å²) in [6.07, 6.45) is 0.00269. The number of sulfone groups is 1. The Labute approximate surface area is 115 Å². The summed E-state index contributed by atoms with van der Waals surface area (Å²) < 4.78 is 28.8. The first-order valence-corrected chi connectivity index (χ1v) is 8.21. The molecule has 1 N–H and O–H groups in total. The maximum absolute atomic E-state index is 11.7. The first kappa shape index (κ1) is 16.0. The van der Waals surface area contributed by atoms with Gasteiger partial charge in [-0.15, -0.1) is 0 Å². The van der Waals surface area contributed by atoms with Crippen molar-refractivity contribution < 1.29 is 18.3 Å². The predicted molar refractivity (Wildman–Crippen MR) is 76.1 cm³/mol. The van der Waals surface area contributed by atoms with Crippen LogP contribution in [-0.2, 0) is 9.84 Å². The van der Waals surface area contributed by atoms with Crippen molar-refractivity contribution in [1.29, 1.82) is 0 Å². The topological polar surface area (TPSA) is 63.6 Å². The molecule has 0 aliphatic heterocycles. The van der Waals surface area contributed by atoms with Crippen molar-refractivity contribution in [3.8, 4) is 5.75 Å². The van der Waals surface area contributed by atoms with Gasteiger partial charge in [0.15, 0.2) is 9.84 Å². The van der Waals surface area contributed by atoms with Crippen molar-refractivity contribution in [3.05, 3.63) is 29.8 Å². The second kappa shape index (κ2) is 6.91. The highest BCUT2D eigenvalue weighted by atomic mass is 32.2. The summed E-state index contributed by atoms with van der Waals surface area (Å²) in [5.74, 6) is 0.539. The van der Waals surface area contributed by atoms with Crippen molar-refractivity contribution in [3.63, 3.8) is 0 Å². The third kappa shape index (κ3) is 4.51. The van der Waals surface area contributed by atoms with Gasteiger partial charge in [0, 0.05) is 5.56 Å². The van der Waals surface area contributed by atoms with Crippen LogP contribution in [-0.4, -0.2) is 31.1 Å². The van der Waals surface area contributed by atoms with Gasteiger partial charge in [-0.1, -0.05) is 25.1 Å². The fraction of sp³-hybridized carbons (Fsp3) is 0.571. The smallest absolute Gasteiger partial charge is 0.155 e. The van der Waals surface area contributed by atoms with Crippen molar-refractivity contribution in [2.75, 3.05) is 12.4 Å². The van der Waals surface area contributed by atoms with Crippen molar-refractivity contribution in [2.45, 2.75) is 38.5 Å². The lowest BCUT2D eigenvalue weighted by Crippen LogP contribution is -2.22. The van der Waals surface area contributed by atoms with E-state index in [-0.39, 0.29) is 12.4 Å². The van der Waals surface area contributed by atoms with Crippen LogP contribution < -0.4 is 4.74 Å². The van der Waals surface area contributed by atoms with Gasteiger partial charge in [-0.2, -0.15) is 0 Å². The Morgan fingerprint density at radius 1 is 1.26 bits per heavy atom. The first-order valence-electron chi connectivity index (χ1n) is 6.49. The van der Waals surface area contributed by atoms with E-state index >= 15 is 0 Å². The molecule has 0 aliphatic rings. The first-order chi connectivity index (χ1) is 8.88. The summed E-state index contributed by atoms with van der Waals surface area (Å²) in [5, 5.41) is 9.46. The Morgan fingerprint density at radius 3 is 2.47 bits per heavy atom. The lowest BCUT2D eigenvalue weighted by atomic mass is 10.1. The average Bonchev–Trinajstić information content (AvgIpc) is 2.38. The molecular formula is C14H22O4S. The normalized spacial score (nSPS) is 13.5. The third-order valence-electron chi connectivity index (χ3n) is 3.01. The van der Waals surface area contributed by atoms with Gasteiger partial charge >= 0.3 is 0 Å². The Bertz CT molecular complexity index is 494. The molecule has 19 heavy (non-hydrogen) atoms. The molecular weight excluding hydrogens is 264 g/mol. The Balaban J connectivity index is 2.69. The van der Waals surface area contributed by atoms with E-state index in [1.165, 1.54) is 0 Å². The highest BCUT2D eigenvalue weighted by Gasteiger charge is 2.17. The summed E-state index contributed by atoms with van der Waals surface area (Å²) >= 11 is 0. The number of ether oxygens (including phenoxy) is 1. The van der Waals surface area contributed by atoms with Crippen LogP contribution in [0.2, 0.25) is 0 Å². The number of rotatable bonds is 7. The van der Waals surface area contributed by atoms with Crippen LogP contribution in [0, 0.1) is 0 Å². The lowest BCUT2D eigenvalue weighted by Gasteiger charge is -2.15. The standard InChI is InChI=1S/C14H22O4S/c1-4-13(15)12-7-5-6-8-14(12)18-9-10-19(16,17)11(2)3/h5-8,11,13,15H,4,9-10H2,1-3H3/t13-/m1/s1. The molecule has 0 saturated carbocycles. The molecule has 0 saturated heterocycles. The van der Waals surface area contributed by atoms with E-state index in [2.05, 4.69) is 0 Å². The second-order valence-corrected chi connectivity index (χ2v) is 7.40. The van der Waals surface area contributed by atoms with Crippen molar-refractivity contribution in [1.82, 2.24) is 0 Å². The van der Waals surface area contributed by atoms with Crippen LogP contribution in [0.15, 0.2) is 24.3 Å². The van der Waals surface area contributed by atoms with E-state index in [1.54, 1.807) is 32.0 Å². The molecule has 4 nitrogen and oxygen atoms in total. The third-order valence-corrected chi connectivity index (χ3v) is 5.18. The number of hydrogen-bond donors (Lipinski definition) is 1. The van der Waals surface area contributed by atoms with Gasteiger partial charge in [0.05, 0.1) is 17.1 Å². The number of benzene rings is 1. The molecule has 5 heteroatoms. The van der Waals surface area contributed by atoms with Crippen LogP contribution in [0.25, 0.3) is 0 Å². The predicted octanol–water partition coefficient (Wildman–Crippen LogP) is 2.33. The molecule has 0 radical (unpaired) electrons. The molecule has 0 unspecified atom stereocenters. The fourth-order valence-electron chi connectivity index (χ4n) is 1.61. The van der Waals surface area contributed by atoms with E-state index in [0.29, 0.717) is 17.7 Å². The zero-order valence-electron chi connectivity index (χ0n) is 11.7. The molecule has 108 valence electrons. The van der Waals surface area contributed by atoms with Gasteiger partial charge in [0.2, 0.25) is 0 Å². The van der Waals surface area contributed by atoms with Gasteiger partial charge in [0.25, 0.3) is 0 Å². The summed E-state index contributed by atoms with van der Waals surface area (Å²) in [4.78, 5) is 0. The number of para-hydroxylation sites is 1. The summed E-state index contributed by atoms with van der Waals surface area (Å²) in [7, 11) is -3.09. The van der Waals surface area contributed by atoms with E-state index in [4.69, 9.17) is 4.74 Å². The van der Waals surface area contributed by atoms with Gasteiger partial charge in [-0.25, -0.2) is 8.42 Å². The quantitative estimate of drug-likeness (QED) is 0.835. The molecule has 1 rings (SSSR count). The zero-order chi connectivity index (χ0) is 14.5. The van der Waals surface area contributed by atoms with Crippen LogP contribution in [0.3, 0.4) is 0 Å². The minimum atomic E-state index is -3.09. The molecule has 0 bridgehead atoms. The number of hydrogen-bond acceptors (Lipinski definition) is 4. The highest BCUT2D eigenvalue weighted by molar-refractivity contribution is 7.91.